The van der Waals surface area contributed by atoms with Crippen LogP contribution < -0.4 is 0 Å². The Hall–Kier alpha value is -9.26. The number of aromatic nitrogens is 8. The fourth-order valence-corrected chi connectivity index (χ4v) is 10.1. The van der Waals surface area contributed by atoms with Crippen molar-refractivity contribution in [3.63, 3.8) is 0 Å². The van der Waals surface area contributed by atoms with Gasteiger partial charge in [0.1, 0.15) is 5.69 Å². The Bertz CT molecular complexity index is 4900. The summed E-state index contributed by atoms with van der Waals surface area (Å²) in [5, 5.41) is 0. The molecule has 0 saturated carbocycles. The molecule has 0 N–H and O–H groups in total. The second-order valence-electron chi connectivity index (χ2n) is 20.1. The van der Waals surface area contributed by atoms with Crippen molar-refractivity contribution in [2.45, 2.75) is 26.2 Å². The van der Waals surface area contributed by atoms with Gasteiger partial charge in [-0.15, -0.1) is 0 Å². The highest BCUT2D eigenvalue weighted by atomic mass is 79.9. The molecule has 11 heteroatoms. The monoisotopic (exact) mass is 1300 g/mol. The normalized spacial score (nSPS) is 12.6. The van der Waals surface area contributed by atoms with Gasteiger partial charge in [-0.25, -0.2) is 39.9 Å². The lowest BCUT2D eigenvalue weighted by molar-refractivity contribution is 0.590. The maximum absolute atomic E-state index is 8.20. The second kappa shape index (κ2) is 27.0. The van der Waals surface area contributed by atoms with E-state index in [1.165, 1.54) is 33.9 Å². The summed E-state index contributed by atoms with van der Waals surface area (Å²) in [6.07, 6.45) is 1.70. The van der Waals surface area contributed by atoms with E-state index in [-0.39, 0.29) is 51.1 Å². The summed E-state index contributed by atoms with van der Waals surface area (Å²) in [4.78, 5) is 35.9. The minimum Gasteiger partial charge on any atom is -0.231 e. The maximum Gasteiger partial charge on any atom is 0.197 e. The summed E-state index contributed by atoms with van der Waals surface area (Å²) >= 11 is 10.1. The third kappa shape index (κ3) is 14.9. The molecule has 13 aromatic rings. The van der Waals surface area contributed by atoms with Crippen LogP contribution in [0.3, 0.4) is 0 Å². The lowest BCUT2D eigenvalue weighted by Gasteiger charge is -2.19. The second-order valence-corrected chi connectivity index (χ2v) is 22.3. The van der Waals surface area contributed by atoms with Gasteiger partial charge in [0.25, 0.3) is 0 Å². The van der Waals surface area contributed by atoms with E-state index in [1.54, 1.807) is 30.5 Å². The minimum absolute atomic E-state index is 0.0592. The van der Waals surface area contributed by atoms with Crippen LogP contribution in [0.2, 0.25) is 0 Å². The van der Waals surface area contributed by atoms with Crippen molar-refractivity contribution in [1.82, 2.24) is 39.9 Å². The van der Waals surface area contributed by atoms with Crippen LogP contribution in [0, 0.1) is 0 Å². The van der Waals surface area contributed by atoms with Crippen LogP contribution in [0.5, 0.6) is 0 Å². The molecule has 0 radical (unpaired) electrons. The molecule has 13 rings (SSSR count). The molecule has 0 atom stereocenters. The summed E-state index contributed by atoms with van der Waals surface area (Å²) in [5.41, 5.74) is 16.1. The molecule has 4 heterocycles. The molecule has 8 nitrogen and oxygen atoms in total. The molecule has 0 fully saturated rings. The van der Waals surface area contributed by atoms with Gasteiger partial charge < -0.3 is 0 Å². The molecule has 0 unspecified atom stereocenters. The van der Waals surface area contributed by atoms with E-state index < -0.39 is 36.3 Å². The molecule has 0 aliphatic rings. The van der Waals surface area contributed by atoms with Crippen molar-refractivity contribution >= 4 is 47.8 Å². The Morgan fingerprint density at radius 1 is 0.282 bits per heavy atom. The van der Waals surface area contributed by atoms with Crippen LogP contribution in [0.1, 0.15) is 40.0 Å². The Balaban J connectivity index is 0.000000146. The molecule has 0 bridgehead atoms. The predicted octanol–water partition coefficient (Wildman–Crippen LogP) is 20.5. The van der Waals surface area contributed by atoms with Gasteiger partial charge in [0.05, 0.1) is 47.9 Å². The predicted molar refractivity (Wildman–Crippen MR) is 358 cm³/mol. The average Bonchev–Trinajstić information content (AvgIpc) is 0.808. The van der Waals surface area contributed by atoms with E-state index in [9.17, 15) is 0 Å². The van der Waals surface area contributed by atoms with Gasteiger partial charge >= 0.3 is 0 Å². The van der Waals surface area contributed by atoms with E-state index in [2.05, 4.69) is 232 Å². The molecule has 9 aromatic carbocycles. The molecular formula is C74H55Br3N8. The highest BCUT2D eigenvalue weighted by Crippen LogP contribution is 2.33. The van der Waals surface area contributed by atoms with E-state index in [0.29, 0.717) is 37.8 Å². The number of rotatable bonds is 10. The lowest BCUT2D eigenvalue weighted by atomic mass is 9.86. The van der Waals surface area contributed by atoms with Crippen LogP contribution >= 0.6 is 47.8 Å². The number of hydrogen-bond acceptors (Lipinski definition) is 8. The molecule has 0 saturated heterocycles. The summed E-state index contributed by atoms with van der Waals surface area (Å²) in [7, 11) is 0. The van der Waals surface area contributed by atoms with Crippen LogP contribution in [0.4, 0.5) is 0 Å². The number of halogens is 3. The Labute approximate surface area is 535 Å². The van der Waals surface area contributed by atoms with Crippen molar-refractivity contribution in [2.24, 2.45) is 0 Å². The number of nitrogens with zero attached hydrogens (tertiary/aromatic N) is 8. The maximum atomic E-state index is 8.20. The zero-order valence-electron chi connectivity index (χ0n) is 56.0. The Morgan fingerprint density at radius 3 is 1.11 bits per heavy atom. The van der Waals surface area contributed by atoms with Gasteiger partial charge in [0, 0.05) is 39.6 Å². The fraction of sp³-hybridized carbons (Fsp3) is 0.0541. The standard InChI is InChI=1S/C28H19BrN2.C24H21BrN4.C22H15BrN2/c29-28-30-26(23-16-14-22(15-17-23)20-8-3-1-4-9-20)19-27(31-28)25-13-7-12-24(18-25)21-10-5-2-6-11-21;1-24(2,3)18-11-9-17(10-12-18)21-15-20(16-7-5-4-6-8-16)27-22(28-21)19-13-14-26-23(25)29-19;23-22-24-20(18-9-5-2-6-10-18)15-21(25-22)19-13-11-17(12-14-19)16-7-3-1-4-8-16/h1-19H;4-15H,1-3H3;1-15H/i;;1D,2D,3D,4D,5D,6D,7D,8D,9D,10D. The van der Waals surface area contributed by atoms with E-state index >= 15 is 0 Å². The topological polar surface area (TPSA) is 103 Å². The molecule has 85 heavy (non-hydrogen) atoms. The van der Waals surface area contributed by atoms with Crippen molar-refractivity contribution in [2.75, 3.05) is 0 Å². The molecule has 4 aromatic heterocycles. The Kier molecular flexibility index (Phi) is 14.6. The number of benzene rings is 9. The zero-order valence-corrected chi connectivity index (χ0v) is 50.8. The van der Waals surface area contributed by atoms with Gasteiger partial charge in [-0.2, -0.15) is 0 Å². The first kappa shape index (κ1) is 46.2. The molecular weight excluding hydrogens is 1240 g/mol. The fourth-order valence-electron chi connectivity index (χ4n) is 9.01. The molecule has 412 valence electrons. The molecule has 0 amide bonds. The van der Waals surface area contributed by atoms with Crippen LogP contribution in [-0.2, 0) is 5.41 Å². The largest absolute Gasteiger partial charge is 0.231 e. The summed E-state index contributed by atoms with van der Waals surface area (Å²) in [5.74, 6) is 0.573. The van der Waals surface area contributed by atoms with Crippen LogP contribution in [0.15, 0.2) is 293 Å². The van der Waals surface area contributed by atoms with Gasteiger partial charge in [0.15, 0.2) is 20.0 Å². The van der Waals surface area contributed by atoms with Crippen molar-refractivity contribution in [3.05, 3.63) is 299 Å². The third-order valence-electron chi connectivity index (χ3n) is 13.4. The highest BCUT2D eigenvalue weighted by molar-refractivity contribution is 9.10. The average molecular weight is 1310 g/mol. The third-order valence-corrected chi connectivity index (χ3v) is 14.5. The molecule has 0 spiro atoms. The summed E-state index contributed by atoms with van der Waals surface area (Å²) in [6, 6.07) is 66.2. The molecule has 0 aliphatic carbocycles. The van der Waals surface area contributed by atoms with Crippen LogP contribution in [0.25, 0.3) is 112 Å². The smallest absolute Gasteiger partial charge is 0.197 e. The van der Waals surface area contributed by atoms with E-state index in [4.69, 9.17) is 23.7 Å². The van der Waals surface area contributed by atoms with E-state index in [0.717, 1.165) is 45.0 Å². The Morgan fingerprint density at radius 2 is 0.624 bits per heavy atom. The minimum atomic E-state index is -0.500. The van der Waals surface area contributed by atoms with Crippen molar-refractivity contribution in [1.29, 1.82) is 0 Å². The first-order valence-electron chi connectivity index (χ1n) is 31.8. The SMILES string of the molecule is Brc1nc(-c2ccc(-c3ccccc3)cc2)cc(-c2cccc(-c3ccccc3)c2)n1.CC(C)(C)c1ccc(-c2cc(-c3ccccc3)nc(-c3ccnc(Br)n3)n2)cc1.[2H]c1c([2H])c([2H])c(-c2ccc(-c3cc(-c4c([2H])c([2H])c([2H])c([2H])c4[2H])nc(Br)n3)cc2)c([2H])c1[2H]. The summed E-state index contributed by atoms with van der Waals surface area (Å²) in [6.45, 7) is 6.64. The lowest BCUT2D eigenvalue weighted by Crippen LogP contribution is -2.10. The van der Waals surface area contributed by atoms with Gasteiger partial charge in [-0.1, -0.05) is 263 Å². The van der Waals surface area contributed by atoms with Gasteiger partial charge in [-0.3, -0.25) is 0 Å². The highest BCUT2D eigenvalue weighted by Gasteiger charge is 2.17. The van der Waals surface area contributed by atoms with Crippen molar-refractivity contribution < 1.29 is 13.7 Å². The van der Waals surface area contributed by atoms with E-state index in [1.807, 2.05) is 48.5 Å². The first-order chi connectivity index (χ1) is 45.6. The zero-order chi connectivity index (χ0) is 67.2. The first-order valence-corrected chi connectivity index (χ1v) is 29.2. The van der Waals surface area contributed by atoms with Gasteiger partial charge in [-0.05, 0) is 122 Å². The van der Waals surface area contributed by atoms with Crippen LogP contribution in [-0.4, -0.2) is 39.9 Å². The van der Waals surface area contributed by atoms with Gasteiger partial charge in [0.2, 0.25) is 0 Å². The van der Waals surface area contributed by atoms with Crippen molar-refractivity contribution in [3.8, 4) is 112 Å². The summed E-state index contributed by atoms with van der Waals surface area (Å²) < 4.78 is 81.0. The molecule has 0 aliphatic heterocycles. The quantitative estimate of drug-likeness (QED) is 0.125. The number of hydrogen-bond donors (Lipinski definition) is 0.